The van der Waals surface area contributed by atoms with Gasteiger partial charge in [0, 0.05) is 6.08 Å². The highest BCUT2D eigenvalue weighted by molar-refractivity contribution is 5.87. The van der Waals surface area contributed by atoms with E-state index in [1.165, 1.54) is 18.5 Å². The van der Waals surface area contributed by atoms with Crippen LogP contribution in [-0.2, 0) is 9.53 Å². The van der Waals surface area contributed by atoms with E-state index in [9.17, 15) is 9.59 Å². The van der Waals surface area contributed by atoms with Crippen LogP contribution in [0.2, 0.25) is 0 Å². The highest BCUT2D eigenvalue weighted by atomic mass is 16.5. The maximum atomic E-state index is 11.9. The maximum absolute atomic E-state index is 11.9. The van der Waals surface area contributed by atoms with Gasteiger partial charge in [-0.2, -0.15) is 5.26 Å². The second-order valence-corrected chi connectivity index (χ2v) is 4.28. The minimum Gasteiger partial charge on any atom is -0.463 e. The average molecular weight is 311 g/mol. The monoisotopic (exact) mass is 311 g/mol. The summed E-state index contributed by atoms with van der Waals surface area (Å²) in [5.41, 5.74) is 0.0193. The SMILES string of the molecule is CCOC(=O)/C=C/c1c(Oc2cccc(C#N)c2)nc[nH]c1=O. The molecule has 1 aromatic heterocycles. The zero-order valence-corrected chi connectivity index (χ0v) is 12.3. The van der Waals surface area contributed by atoms with Crippen LogP contribution in [0.3, 0.4) is 0 Å². The van der Waals surface area contributed by atoms with Crippen LogP contribution in [-0.4, -0.2) is 22.5 Å². The number of carbonyl (C=O) groups is 1. The normalized spacial score (nSPS) is 10.3. The minimum atomic E-state index is -0.576. The Labute approximate surface area is 131 Å². The summed E-state index contributed by atoms with van der Waals surface area (Å²) in [5, 5.41) is 8.88. The molecule has 7 heteroatoms. The zero-order valence-electron chi connectivity index (χ0n) is 12.3. The number of aromatic amines is 1. The van der Waals surface area contributed by atoms with Crippen LogP contribution in [0.25, 0.3) is 6.08 Å². The van der Waals surface area contributed by atoms with Crippen molar-refractivity contribution in [2.24, 2.45) is 0 Å². The summed E-state index contributed by atoms with van der Waals surface area (Å²) in [6.45, 7) is 1.91. The molecule has 1 aromatic carbocycles. The van der Waals surface area contributed by atoms with Crippen molar-refractivity contribution in [3.63, 3.8) is 0 Å². The first-order valence-electron chi connectivity index (χ1n) is 6.74. The quantitative estimate of drug-likeness (QED) is 0.669. The minimum absolute atomic E-state index is 0.0180. The number of carbonyl (C=O) groups excluding carboxylic acids is 1. The highest BCUT2D eigenvalue weighted by Crippen LogP contribution is 2.22. The third-order valence-electron chi connectivity index (χ3n) is 2.70. The molecule has 0 fully saturated rings. The van der Waals surface area contributed by atoms with E-state index in [2.05, 4.69) is 9.97 Å². The molecule has 0 spiro atoms. The molecule has 0 amide bonds. The molecule has 2 rings (SSSR count). The lowest BCUT2D eigenvalue weighted by molar-refractivity contribution is -0.137. The average Bonchev–Trinajstić information content (AvgIpc) is 2.55. The van der Waals surface area contributed by atoms with Gasteiger partial charge in [-0.25, -0.2) is 9.78 Å². The number of nitriles is 1. The first-order chi connectivity index (χ1) is 11.1. The maximum Gasteiger partial charge on any atom is 0.330 e. The van der Waals surface area contributed by atoms with E-state index in [1.807, 2.05) is 6.07 Å². The van der Waals surface area contributed by atoms with Crippen molar-refractivity contribution in [1.82, 2.24) is 9.97 Å². The van der Waals surface area contributed by atoms with Crippen molar-refractivity contribution < 1.29 is 14.3 Å². The molecular formula is C16H13N3O4. The van der Waals surface area contributed by atoms with Crippen molar-refractivity contribution in [1.29, 1.82) is 5.26 Å². The fourth-order valence-corrected chi connectivity index (χ4v) is 1.70. The summed E-state index contributed by atoms with van der Waals surface area (Å²) >= 11 is 0. The Morgan fingerprint density at radius 1 is 1.48 bits per heavy atom. The number of ether oxygens (including phenoxy) is 2. The van der Waals surface area contributed by atoms with Gasteiger partial charge in [0.25, 0.3) is 5.56 Å². The summed E-state index contributed by atoms with van der Waals surface area (Å²) < 4.78 is 10.3. The number of hydrogen-bond donors (Lipinski definition) is 1. The van der Waals surface area contributed by atoms with E-state index < -0.39 is 11.5 Å². The van der Waals surface area contributed by atoms with E-state index in [-0.39, 0.29) is 18.1 Å². The van der Waals surface area contributed by atoms with Gasteiger partial charge in [-0.05, 0) is 31.2 Å². The van der Waals surface area contributed by atoms with Crippen LogP contribution in [0.1, 0.15) is 18.1 Å². The third-order valence-corrected chi connectivity index (χ3v) is 2.70. The molecular weight excluding hydrogens is 298 g/mol. The molecule has 23 heavy (non-hydrogen) atoms. The van der Waals surface area contributed by atoms with Crippen molar-refractivity contribution in [2.45, 2.75) is 6.92 Å². The first-order valence-corrected chi connectivity index (χ1v) is 6.74. The van der Waals surface area contributed by atoms with Gasteiger partial charge in [-0.15, -0.1) is 0 Å². The lowest BCUT2D eigenvalue weighted by Gasteiger charge is -2.06. The molecule has 0 radical (unpaired) electrons. The fourth-order valence-electron chi connectivity index (χ4n) is 1.70. The van der Waals surface area contributed by atoms with E-state index in [0.717, 1.165) is 6.08 Å². The Morgan fingerprint density at radius 2 is 2.30 bits per heavy atom. The standard InChI is InChI=1S/C16H13N3O4/c1-2-22-14(20)7-6-13-15(21)18-10-19-16(13)23-12-5-3-4-11(8-12)9-17/h3-8,10H,2H2,1H3,(H,18,19,21)/b7-6+. The highest BCUT2D eigenvalue weighted by Gasteiger charge is 2.09. The van der Waals surface area contributed by atoms with Gasteiger partial charge in [-0.3, -0.25) is 4.79 Å². The molecule has 0 aliphatic rings. The van der Waals surface area contributed by atoms with Gasteiger partial charge in [0.1, 0.15) is 11.3 Å². The van der Waals surface area contributed by atoms with Crippen molar-refractivity contribution in [3.8, 4) is 17.7 Å². The number of esters is 1. The van der Waals surface area contributed by atoms with Crippen LogP contribution in [0.4, 0.5) is 0 Å². The lowest BCUT2D eigenvalue weighted by atomic mass is 10.2. The molecule has 1 heterocycles. The Kier molecular flexibility index (Phi) is 5.25. The Balaban J connectivity index is 2.32. The number of rotatable bonds is 5. The topological polar surface area (TPSA) is 105 Å². The summed E-state index contributed by atoms with van der Waals surface area (Å²) in [5.74, 6) is -0.203. The molecule has 0 bridgehead atoms. The predicted molar refractivity (Wildman–Crippen MR) is 81.8 cm³/mol. The molecule has 0 atom stereocenters. The van der Waals surface area contributed by atoms with E-state index in [0.29, 0.717) is 11.3 Å². The Morgan fingerprint density at radius 3 is 3.04 bits per heavy atom. The molecule has 0 saturated carbocycles. The molecule has 7 nitrogen and oxygen atoms in total. The molecule has 0 aliphatic heterocycles. The number of hydrogen-bond acceptors (Lipinski definition) is 6. The smallest absolute Gasteiger partial charge is 0.330 e. The summed E-state index contributed by atoms with van der Waals surface area (Å²) in [7, 11) is 0. The largest absolute Gasteiger partial charge is 0.463 e. The van der Waals surface area contributed by atoms with Gasteiger partial charge in [0.2, 0.25) is 5.88 Å². The summed E-state index contributed by atoms with van der Waals surface area (Å²) in [4.78, 5) is 29.6. The van der Waals surface area contributed by atoms with Gasteiger partial charge in [0.15, 0.2) is 0 Å². The second kappa shape index (κ2) is 7.56. The third kappa shape index (κ3) is 4.28. The van der Waals surface area contributed by atoms with E-state index in [1.54, 1.807) is 25.1 Å². The van der Waals surface area contributed by atoms with Gasteiger partial charge in [0.05, 0.1) is 24.6 Å². The molecule has 0 aliphatic carbocycles. The van der Waals surface area contributed by atoms with Crippen LogP contribution < -0.4 is 10.3 Å². The van der Waals surface area contributed by atoms with Crippen LogP contribution in [0.15, 0.2) is 41.5 Å². The van der Waals surface area contributed by atoms with Crippen molar-refractivity contribution in [3.05, 3.63) is 58.1 Å². The van der Waals surface area contributed by atoms with Crippen LogP contribution in [0, 0.1) is 11.3 Å². The van der Waals surface area contributed by atoms with Crippen molar-refractivity contribution >= 4 is 12.0 Å². The van der Waals surface area contributed by atoms with Crippen molar-refractivity contribution in [2.75, 3.05) is 6.61 Å². The Bertz CT molecular complexity index is 834. The fraction of sp³-hybridized carbons (Fsp3) is 0.125. The number of nitrogens with zero attached hydrogens (tertiary/aromatic N) is 2. The van der Waals surface area contributed by atoms with Crippen LogP contribution in [0.5, 0.6) is 11.6 Å². The number of benzene rings is 1. The first kappa shape index (κ1) is 16.0. The molecule has 2 aromatic rings. The molecule has 0 unspecified atom stereocenters. The molecule has 0 saturated heterocycles. The molecule has 116 valence electrons. The number of H-pyrrole nitrogens is 1. The number of aromatic nitrogens is 2. The zero-order chi connectivity index (χ0) is 16.7. The lowest BCUT2D eigenvalue weighted by Crippen LogP contribution is -2.12. The van der Waals surface area contributed by atoms with Gasteiger partial charge < -0.3 is 14.5 Å². The predicted octanol–water partition coefficient (Wildman–Crippen LogP) is 2.01. The van der Waals surface area contributed by atoms with Gasteiger partial charge in [-0.1, -0.05) is 6.07 Å². The molecule has 1 N–H and O–H groups in total. The van der Waals surface area contributed by atoms with Gasteiger partial charge >= 0.3 is 5.97 Å². The van der Waals surface area contributed by atoms with E-state index in [4.69, 9.17) is 14.7 Å². The summed E-state index contributed by atoms with van der Waals surface area (Å²) in [6.07, 6.45) is 3.58. The second-order valence-electron chi connectivity index (χ2n) is 4.28. The van der Waals surface area contributed by atoms with Crippen LogP contribution >= 0.6 is 0 Å². The summed E-state index contributed by atoms with van der Waals surface area (Å²) in [6, 6.07) is 8.41. The van der Waals surface area contributed by atoms with E-state index >= 15 is 0 Å². The number of nitrogens with one attached hydrogen (secondary N) is 1. The Hall–Kier alpha value is -3.40.